The number of pyridine rings is 1. The number of hydrogen-bond donors (Lipinski definition) is 2. The maximum atomic E-state index is 12.5. The van der Waals surface area contributed by atoms with Crippen LogP contribution in [0.1, 0.15) is 48.7 Å². The molecular weight excluding hydrogens is 266 g/mol. The molecule has 0 aromatic carbocycles. The van der Waals surface area contributed by atoms with E-state index in [4.69, 9.17) is 4.74 Å². The van der Waals surface area contributed by atoms with Gasteiger partial charge < -0.3 is 15.4 Å². The van der Waals surface area contributed by atoms with Crippen molar-refractivity contribution in [2.45, 2.75) is 51.2 Å². The van der Waals surface area contributed by atoms with E-state index in [1.807, 2.05) is 13.1 Å². The number of ether oxygens (including phenoxy) is 1. The average Bonchev–Trinajstić information content (AvgIpc) is 2.94. The molecule has 1 aliphatic rings. The summed E-state index contributed by atoms with van der Waals surface area (Å²) in [5.41, 5.74) is 1.61. The third-order valence-corrected chi connectivity index (χ3v) is 3.97. The van der Waals surface area contributed by atoms with Crippen molar-refractivity contribution in [3.8, 4) is 0 Å². The molecule has 116 valence electrons. The zero-order valence-corrected chi connectivity index (χ0v) is 13.1. The first kappa shape index (κ1) is 15.8. The molecule has 0 aliphatic heterocycles. The topological polar surface area (TPSA) is 63.2 Å². The van der Waals surface area contributed by atoms with E-state index in [2.05, 4.69) is 22.5 Å². The number of carbonyl (C=O) groups is 1. The molecule has 1 amide bonds. The van der Waals surface area contributed by atoms with Gasteiger partial charge in [-0.25, -0.2) is 4.98 Å². The molecule has 1 aromatic heterocycles. The fraction of sp³-hybridized carbons (Fsp3) is 0.625. The van der Waals surface area contributed by atoms with Crippen LogP contribution in [0, 0.1) is 0 Å². The van der Waals surface area contributed by atoms with Crippen LogP contribution >= 0.6 is 0 Å². The van der Waals surface area contributed by atoms with Crippen molar-refractivity contribution in [3.63, 3.8) is 0 Å². The molecule has 2 N–H and O–H groups in total. The highest BCUT2D eigenvalue weighted by atomic mass is 16.5. The molecule has 1 fully saturated rings. The van der Waals surface area contributed by atoms with E-state index in [0.717, 1.165) is 43.6 Å². The van der Waals surface area contributed by atoms with Gasteiger partial charge in [0.2, 0.25) is 0 Å². The minimum Gasteiger partial charge on any atom is -0.379 e. The van der Waals surface area contributed by atoms with Gasteiger partial charge >= 0.3 is 0 Å². The summed E-state index contributed by atoms with van der Waals surface area (Å²) in [6.45, 7) is 2.11. The van der Waals surface area contributed by atoms with Crippen molar-refractivity contribution in [3.05, 3.63) is 23.4 Å². The van der Waals surface area contributed by atoms with Gasteiger partial charge in [0.05, 0.1) is 12.1 Å². The van der Waals surface area contributed by atoms with Crippen LogP contribution in [0.2, 0.25) is 0 Å². The Morgan fingerprint density at radius 2 is 2.24 bits per heavy atom. The highest BCUT2D eigenvalue weighted by Crippen LogP contribution is 2.22. The molecule has 5 heteroatoms. The van der Waals surface area contributed by atoms with Crippen LogP contribution in [0.25, 0.3) is 0 Å². The lowest BCUT2D eigenvalue weighted by Gasteiger charge is -2.20. The second kappa shape index (κ2) is 7.41. The van der Waals surface area contributed by atoms with Crippen LogP contribution in [0.4, 0.5) is 5.82 Å². The van der Waals surface area contributed by atoms with E-state index in [-0.39, 0.29) is 18.1 Å². The molecule has 0 saturated heterocycles. The summed E-state index contributed by atoms with van der Waals surface area (Å²) >= 11 is 0. The number of aromatic nitrogens is 1. The molecule has 1 heterocycles. The zero-order valence-electron chi connectivity index (χ0n) is 13.1. The standard InChI is InChI=1S/C16H25N3O2/c1-4-6-12-9-11(10-15(17-2)18-12)16(20)19-13-7-5-8-14(13)21-3/h9-10,13-14H,4-8H2,1-3H3,(H,17,18)(H,19,20). The molecule has 0 bridgehead atoms. The predicted molar refractivity (Wildman–Crippen MR) is 83.7 cm³/mol. The smallest absolute Gasteiger partial charge is 0.251 e. The number of nitrogens with one attached hydrogen (secondary N) is 2. The van der Waals surface area contributed by atoms with E-state index < -0.39 is 0 Å². The molecule has 0 spiro atoms. The van der Waals surface area contributed by atoms with Crippen LogP contribution in [0.15, 0.2) is 12.1 Å². The Balaban J connectivity index is 2.12. The number of nitrogens with zero attached hydrogens (tertiary/aromatic N) is 1. The SMILES string of the molecule is CCCc1cc(C(=O)NC2CCCC2OC)cc(NC)n1. The van der Waals surface area contributed by atoms with E-state index in [0.29, 0.717) is 5.56 Å². The van der Waals surface area contributed by atoms with Gasteiger partial charge in [-0.2, -0.15) is 0 Å². The number of anilines is 1. The number of amides is 1. The van der Waals surface area contributed by atoms with Gasteiger partial charge in [0.25, 0.3) is 5.91 Å². The van der Waals surface area contributed by atoms with Crippen LogP contribution in [0.5, 0.6) is 0 Å². The summed E-state index contributed by atoms with van der Waals surface area (Å²) in [6.07, 6.45) is 5.11. The van der Waals surface area contributed by atoms with Gasteiger partial charge in [-0.15, -0.1) is 0 Å². The minimum atomic E-state index is -0.0415. The molecule has 2 rings (SSSR count). The van der Waals surface area contributed by atoms with Crippen molar-refractivity contribution in [1.82, 2.24) is 10.3 Å². The monoisotopic (exact) mass is 291 g/mol. The number of rotatable bonds is 6. The Bertz CT molecular complexity index is 490. The lowest BCUT2D eigenvalue weighted by Crippen LogP contribution is -2.40. The Hall–Kier alpha value is -1.62. The molecule has 2 unspecified atom stereocenters. The van der Waals surface area contributed by atoms with Gasteiger partial charge in [0, 0.05) is 25.4 Å². The highest BCUT2D eigenvalue weighted by molar-refractivity contribution is 5.95. The molecule has 0 radical (unpaired) electrons. The number of carbonyl (C=O) groups excluding carboxylic acids is 1. The third-order valence-electron chi connectivity index (χ3n) is 3.97. The largest absolute Gasteiger partial charge is 0.379 e. The van der Waals surface area contributed by atoms with Crippen LogP contribution in [-0.4, -0.2) is 37.2 Å². The lowest BCUT2D eigenvalue weighted by atomic mass is 10.1. The Labute approximate surface area is 126 Å². The van der Waals surface area contributed by atoms with E-state index in [1.54, 1.807) is 13.2 Å². The summed E-state index contributed by atoms with van der Waals surface area (Å²) in [7, 11) is 3.53. The maximum Gasteiger partial charge on any atom is 0.251 e. The molecule has 1 saturated carbocycles. The van der Waals surface area contributed by atoms with Crippen LogP contribution < -0.4 is 10.6 Å². The summed E-state index contributed by atoms with van der Waals surface area (Å²) in [4.78, 5) is 16.9. The summed E-state index contributed by atoms with van der Waals surface area (Å²) in [5.74, 6) is 0.695. The first-order valence-corrected chi connectivity index (χ1v) is 7.70. The second-order valence-electron chi connectivity index (χ2n) is 5.52. The fourth-order valence-electron chi connectivity index (χ4n) is 2.86. The van der Waals surface area contributed by atoms with E-state index >= 15 is 0 Å². The average molecular weight is 291 g/mol. The first-order chi connectivity index (χ1) is 10.2. The highest BCUT2D eigenvalue weighted by Gasteiger charge is 2.28. The van der Waals surface area contributed by atoms with Gasteiger partial charge in [0.1, 0.15) is 5.82 Å². The quantitative estimate of drug-likeness (QED) is 0.844. The lowest BCUT2D eigenvalue weighted by molar-refractivity contribution is 0.0722. The van der Waals surface area contributed by atoms with Gasteiger partial charge in [0.15, 0.2) is 0 Å². The fourth-order valence-corrected chi connectivity index (χ4v) is 2.86. The molecule has 21 heavy (non-hydrogen) atoms. The van der Waals surface area contributed by atoms with Crippen molar-refractivity contribution in [2.24, 2.45) is 0 Å². The van der Waals surface area contributed by atoms with Crippen LogP contribution in [0.3, 0.4) is 0 Å². The zero-order chi connectivity index (χ0) is 15.2. The number of methoxy groups -OCH3 is 1. The summed E-state index contributed by atoms with van der Waals surface area (Å²) in [5, 5.41) is 6.12. The molecular formula is C16H25N3O2. The molecule has 2 atom stereocenters. The molecule has 1 aromatic rings. The predicted octanol–water partition coefficient (Wildman–Crippen LogP) is 2.37. The number of aryl methyl sites for hydroxylation is 1. The van der Waals surface area contributed by atoms with Gasteiger partial charge in [-0.3, -0.25) is 4.79 Å². The summed E-state index contributed by atoms with van der Waals surface area (Å²) in [6, 6.07) is 3.80. The van der Waals surface area contributed by atoms with E-state index in [1.165, 1.54) is 0 Å². The third kappa shape index (κ3) is 3.94. The Morgan fingerprint density at radius 3 is 2.90 bits per heavy atom. The van der Waals surface area contributed by atoms with Crippen molar-refractivity contribution < 1.29 is 9.53 Å². The Kier molecular flexibility index (Phi) is 5.56. The van der Waals surface area contributed by atoms with Crippen LogP contribution in [-0.2, 0) is 11.2 Å². The maximum absolute atomic E-state index is 12.5. The first-order valence-electron chi connectivity index (χ1n) is 7.70. The second-order valence-corrected chi connectivity index (χ2v) is 5.52. The van der Waals surface area contributed by atoms with Crippen molar-refractivity contribution >= 4 is 11.7 Å². The normalized spacial score (nSPS) is 21.3. The molecule has 1 aliphatic carbocycles. The summed E-state index contributed by atoms with van der Waals surface area (Å²) < 4.78 is 5.43. The van der Waals surface area contributed by atoms with Gasteiger partial charge in [-0.05, 0) is 37.8 Å². The van der Waals surface area contributed by atoms with Gasteiger partial charge in [-0.1, -0.05) is 13.3 Å². The van der Waals surface area contributed by atoms with E-state index in [9.17, 15) is 4.79 Å². The molecule has 5 nitrogen and oxygen atoms in total. The minimum absolute atomic E-state index is 0.0415. The van der Waals surface area contributed by atoms with Crippen molar-refractivity contribution in [2.75, 3.05) is 19.5 Å². The Morgan fingerprint density at radius 1 is 1.43 bits per heavy atom. The van der Waals surface area contributed by atoms with Crippen molar-refractivity contribution in [1.29, 1.82) is 0 Å². The number of hydrogen-bond acceptors (Lipinski definition) is 4.